The molecule has 0 unspecified atom stereocenters. The number of carbonyl (C=O) groups is 1. The van der Waals surface area contributed by atoms with Crippen molar-refractivity contribution in [3.63, 3.8) is 0 Å². The fraction of sp³-hybridized carbons (Fsp3) is 0.471. The Morgan fingerprint density at radius 1 is 1.32 bits per heavy atom. The van der Waals surface area contributed by atoms with Crippen molar-refractivity contribution in [3.8, 4) is 0 Å². The quantitative estimate of drug-likeness (QED) is 0.790. The first-order valence-electron chi connectivity index (χ1n) is 7.93. The van der Waals surface area contributed by atoms with Crippen LogP contribution in [-0.2, 0) is 6.42 Å². The van der Waals surface area contributed by atoms with Gasteiger partial charge in [0.25, 0.3) is 0 Å². The molecule has 1 fully saturated rings. The molecule has 1 aliphatic heterocycles. The van der Waals surface area contributed by atoms with E-state index in [2.05, 4.69) is 22.1 Å². The lowest BCUT2D eigenvalue weighted by Crippen LogP contribution is -2.43. The number of carboxylic acid groups (broad SMARTS) is 1. The zero-order valence-electron chi connectivity index (χ0n) is 13.0. The van der Waals surface area contributed by atoms with Crippen LogP contribution in [0.15, 0.2) is 18.2 Å². The number of hydrogen-bond donors (Lipinski definition) is 3. The van der Waals surface area contributed by atoms with Gasteiger partial charge in [-0.1, -0.05) is 0 Å². The molecule has 5 heteroatoms. The highest BCUT2D eigenvalue weighted by Crippen LogP contribution is 2.24. The van der Waals surface area contributed by atoms with Crippen LogP contribution in [-0.4, -0.2) is 53.7 Å². The SMILES string of the molecule is Cc1[nH]c2ccc(C(=O)O)cc2c1CCCN1CCNCC1. The summed E-state index contributed by atoms with van der Waals surface area (Å²) in [6.45, 7) is 7.57. The molecule has 1 aromatic heterocycles. The van der Waals surface area contributed by atoms with Gasteiger partial charge < -0.3 is 20.3 Å². The minimum absolute atomic E-state index is 0.356. The molecule has 2 aromatic rings. The second kappa shape index (κ2) is 6.50. The van der Waals surface area contributed by atoms with Crippen LogP contribution in [0.5, 0.6) is 0 Å². The number of nitrogens with zero attached hydrogens (tertiary/aromatic N) is 1. The highest BCUT2D eigenvalue weighted by Gasteiger charge is 2.13. The number of benzene rings is 1. The van der Waals surface area contributed by atoms with Crippen molar-refractivity contribution in [1.29, 1.82) is 0 Å². The van der Waals surface area contributed by atoms with Crippen LogP contribution in [0.3, 0.4) is 0 Å². The van der Waals surface area contributed by atoms with E-state index in [-0.39, 0.29) is 0 Å². The second-order valence-electron chi connectivity index (χ2n) is 5.99. The minimum Gasteiger partial charge on any atom is -0.478 e. The normalized spacial score (nSPS) is 16.2. The molecule has 118 valence electrons. The fourth-order valence-electron chi connectivity index (χ4n) is 3.25. The van der Waals surface area contributed by atoms with Gasteiger partial charge in [-0.3, -0.25) is 0 Å². The largest absolute Gasteiger partial charge is 0.478 e. The molecule has 0 amide bonds. The van der Waals surface area contributed by atoms with Crippen LogP contribution in [0.25, 0.3) is 10.9 Å². The minimum atomic E-state index is -0.868. The van der Waals surface area contributed by atoms with Gasteiger partial charge in [0, 0.05) is 42.8 Å². The maximum Gasteiger partial charge on any atom is 0.335 e. The van der Waals surface area contributed by atoms with Gasteiger partial charge in [0.05, 0.1) is 5.56 Å². The summed E-state index contributed by atoms with van der Waals surface area (Å²) in [6, 6.07) is 5.32. The molecule has 22 heavy (non-hydrogen) atoms. The standard InChI is InChI=1S/C17H23N3O2/c1-12-14(3-2-8-20-9-6-18-7-10-20)15-11-13(17(21)22)4-5-16(15)19-12/h4-5,11,18-19H,2-3,6-10H2,1H3,(H,21,22). The van der Waals surface area contributed by atoms with E-state index in [1.54, 1.807) is 12.1 Å². The summed E-state index contributed by atoms with van der Waals surface area (Å²) in [7, 11) is 0. The molecular weight excluding hydrogens is 278 g/mol. The molecular formula is C17H23N3O2. The highest BCUT2D eigenvalue weighted by molar-refractivity contribution is 5.95. The van der Waals surface area contributed by atoms with E-state index in [1.165, 1.54) is 5.56 Å². The zero-order chi connectivity index (χ0) is 15.5. The molecule has 0 aliphatic carbocycles. The molecule has 1 aromatic carbocycles. The van der Waals surface area contributed by atoms with Gasteiger partial charge in [-0.25, -0.2) is 4.79 Å². The van der Waals surface area contributed by atoms with E-state index < -0.39 is 5.97 Å². The Labute approximate surface area is 130 Å². The molecule has 5 nitrogen and oxygen atoms in total. The van der Waals surface area contributed by atoms with Crippen molar-refractivity contribution in [2.45, 2.75) is 19.8 Å². The maximum absolute atomic E-state index is 11.2. The number of piperazine rings is 1. The van der Waals surface area contributed by atoms with Crippen molar-refractivity contribution >= 4 is 16.9 Å². The lowest BCUT2D eigenvalue weighted by atomic mass is 10.0. The Morgan fingerprint density at radius 3 is 2.82 bits per heavy atom. The van der Waals surface area contributed by atoms with Crippen LogP contribution >= 0.6 is 0 Å². The first-order valence-corrected chi connectivity index (χ1v) is 7.93. The van der Waals surface area contributed by atoms with Gasteiger partial charge in [0.15, 0.2) is 0 Å². The summed E-state index contributed by atoms with van der Waals surface area (Å²) < 4.78 is 0. The zero-order valence-corrected chi connectivity index (χ0v) is 13.0. The molecule has 1 saturated heterocycles. The van der Waals surface area contributed by atoms with Crippen LogP contribution in [0, 0.1) is 6.92 Å². The van der Waals surface area contributed by atoms with E-state index >= 15 is 0 Å². The smallest absolute Gasteiger partial charge is 0.335 e. The monoisotopic (exact) mass is 301 g/mol. The molecule has 0 saturated carbocycles. The van der Waals surface area contributed by atoms with Crippen molar-refractivity contribution in [1.82, 2.24) is 15.2 Å². The number of aryl methyl sites for hydroxylation is 2. The van der Waals surface area contributed by atoms with Crippen molar-refractivity contribution in [3.05, 3.63) is 35.0 Å². The number of aromatic amines is 1. The van der Waals surface area contributed by atoms with Gasteiger partial charge in [0.2, 0.25) is 0 Å². The Morgan fingerprint density at radius 2 is 2.09 bits per heavy atom. The number of aromatic nitrogens is 1. The third-order valence-electron chi connectivity index (χ3n) is 4.48. The first-order chi connectivity index (χ1) is 10.6. The molecule has 0 bridgehead atoms. The Kier molecular flexibility index (Phi) is 4.45. The highest BCUT2D eigenvalue weighted by atomic mass is 16.4. The second-order valence-corrected chi connectivity index (χ2v) is 5.99. The summed E-state index contributed by atoms with van der Waals surface area (Å²) >= 11 is 0. The van der Waals surface area contributed by atoms with E-state index in [1.807, 2.05) is 6.07 Å². The Balaban J connectivity index is 1.73. The average Bonchev–Trinajstić information content (AvgIpc) is 2.83. The number of nitrogens with one attached hydrogen (secondary N) is 2. The van der Waals surface area contributed by atoms with E-state index in [0.717, 1.165) is 62.2 Å². The number of rotatable bonds is 5. The van der Waals surface area contributed by atoms with E-state index in [9.17, 15) is 4.79 Å². The molecule has 0 atom stereocenters. The molecule has 1 aliphatic rings. The summed E-state index contributed by atoms with van der Waals surface area (Å²) in [5, 5.41) is 13.6. The lowest BCUT2D eigenvalue weighted by Gasteiger charge is -2.27. The van der Waals surface area contributed by atoms with Gasteiger partial charge >= 0.3 is 5.97 Å². The first kappa shape index (κ1) is 15.1. The predicted octanol–water partition coefficient (Wildman–Crippen LogP) is 2.01. The number of H-pyrrole nitrogens is 1. The lowest BCUT2D eigenvalue weighted by molar-refractivity contribution is 0.0697. The van der Waals surface area contributed by atoms with Gasteiger partial charge in [0.1, 0.15) is 0 Å². The Hall–Kier alpha value is -1.85. The summed E-state index contributed by atoms with van der Waals surface area (Å²) in [5.74, 6) is -0.868. The number of carboxylic acids is 1. The van der Waals surface area contributed by atoms with Crippen LogP contribution in [0.4, 0.5) is 0 Å². The maximum atomic E-state index is 11.2. The van der Waals surface area contributed by atoms with Crippen molar-refractivity contribution < 1.29 is 9.90 Å². The third-order valence-corrected chi connectivity index (χ3v) is 4.48. The number of aromatic carboxylic acids is 1. The van der Waals surface area contributed by atoms with E-state index in [4.69, 9.17) is 5.11 Å². The molecule has 0 spiro atoms. The van der Waals surface area contributed by atoms with Crippen LogP contribution in [0.2, 0.25) is 0 Å². The molecule has 3 rings (SSSR count). The van der Waals surface area contributed by atoms with Gasteiger partial charge in [-0.05, 0) is 50.1 Å². The number of hydrogen-bond acceptors (Lipinski definition) is 3. The predicted molar refractivity (Wildman–Crippen MR) is 87.6 cm³/mol. The van der Waals surface area contributed by atoms with E-state index in [0.29, 0.717) is 5.56 Å². The molecule has 2 heterocycles. The topological polar surface area (TPSA) is 68.4 Å². The van der Waals surface area contributed by atoms with Crippen LogP contribution in [0.1, 0.15) is 28.0 Å². The summed E-state index contributed by atoms with van der Waals surface area (Å²) in [6.07, 6.45) is 2.09. The van der Waals surface area contributed by atoms with Gasteiger partial charge in [-0.15, -0.1) is 0 Å². The summed E-state index contributed by atoms with van der Waals surface area (Å²) in [4.78, 5) is 17.0. The Bertz CT molecular complexity index is 672. The van der Waals surface area contributed by atoms with Crippen molar-refractivity contribution in [2.24, 2.45) is 0 Å². The average molecular weight is 301 g/mol. The fourth-order valence-corrected chi connectivity index (χ4v) is 3.25. The molecule has 0 radical (unpaired) electrons. The molecule has 3 N–H and O–H groups in total. The summed E-state index contributed by atoms with van der Waals surface area (Å²) in [5.41, 5.74) is 3.79. The van der Waals surface area contributed by atoms with Gasteiger partial charge in [-0.2, -0.15) is 0 Å². The van der Waals surface area contributed by atoms with Crippen LogP contribution < -0.4 is 5.32 Å². The van der Waals surface area contributed by atoms with Crippen molar-refractivity contribution in [2.75, 3.05) is 32.7 Å². The third kappa shape index (κ3) is 3.15. The number of fused-ring (bicyclic) bond motifs is 1.